The molecule has 8 heteroatoms. The number of nitrogens with zero attached hydrogens (tertiary/aromatic N) is 1. The minimum Gasteiger partial charge on any atom is -0.330 e. The standard InChI is InChI=1S/C9H24N3O4P/c1-12(2,3)7-8-15-17(13,14)16-9(11)5-4-6-10/h9H,4-8,10-11H2,1-3H3/p+1. The summed E-state index contributed by atoms with van der Waals surface area (Å²) < 4.78 is 21.7. The minimum atomic E-state index is -4.05. The zero-order chi connectivity index (χ0) is 13.5. The average Bonchev–Trinajstić information content (AvgIpc) is 2.11. The molecule has 0 aromatic heterocycles. The maximum absolute atomic E-state index is 11.5. The van der Waals surface area contributed by atoms with Crippen molar-refractivity contribution in [1.29, 1.82) is 0 Å². The zero-order valence-corrected chi connectivity index (χ0v) is 11.7. The summed E-state index contributed by atoms with van der Waals surface area (Å²) in [5.74, 6) is 0. The van der Waals surface area contributed by atoms with Crippen molar-refractivity contribution >= 4 is 7.82 Å². The first-order valence-corrected chi connectivity index (χ1v) is 7.08. The van der Waals surface area contributed by atoms with Gasteiger partial charge in [-0.3, -0.25) is 9.05 Å². The molecule has 7 nitrogen and oxygen atoms in total. The number of phosphoric ester groups is 1. The van der Waals surface area contributed by atoms with Crippen LogP contribution in [-0.4, -0.2) is 56.4 Å². The predicted octanol–water partition coefficient (Wildman–Crippen LogP) is -0.150. The molecule has 0 fully saturated rings. The van der Waals surface area contributed by atoms with E-state index < -0.39 is 14.1 Å². The largest absolute Gasteiger partial charge is 0.473 e. The first-order valence-electron chi connectivity index (χ1n) is 5.58. The quantitative estimate of drug-likeness (QED) is 0.305. The second kappa shape index (κ2) is 7.43. The Morgan fingerprint density at radius 3 is 2.47 bits per heavy atom. The monoisotopic (exact) mass is 270 g/mol. The van der Waals surface area contributed by atoms with Crippen LogP contribution in [0.15, 0.2) is 0 Å². The topological polar surface area (TPSA) is 108 Å². The summed E-state index contributed by atoms with van der Waals surface area (Å²) in [6.45, 7) is 1.21. The van der Waals surface area contributed by atoms with Crippen molar-refractivity contribution in [1.82, 2.24) is 0 Å². The van der Waals surface area contributed by atoms with Crippen molar-refractivity contribution in [3.05, 3.63) is 0 Å². The molecule has 17 heavy (non-hydrogen) atoms. The molecule has 0 aromatic carbocycles. The molecule has 0 aliphatic heterocycles. The second-order valence-electron chi connectivity index (χ2n) is 4.89. The van der Waals surface area contributed by atoms with E-state index in [0.29, 0.717) is 30.4 Å². The minimum absolute atomic E-state index is 0.140. The molecule has 104 valence electrons. The third kappa shape index (κ3) is 10.8. The van der Waals surface area contributed by atoms with Crippen LogP contribution in [0.5, 0.6) is 0 Å². The Labute approximate surface area is 103 Å². The van der Waals surface area contributed by atoms with Gasteiger partial charge in [-0.2, -0.15) is 0 Å². The SMILES string of the molecule is C[N+](C)(C)CCOP(=O)(O)OC(N)CCCN. The molecule has 0 bridgehead atoms. The highest BCUT2D eigenvalue weighted by Gasteiger charge is 2.25. The fourth-order valence-corrected chi connectivity index (χ4v) is 1.82. The van der Waals surface area contributed by atoms with Crippen LogP contribution >= 0.6 is 7.82 Å². The molecule has 0 aromatic rings. The molecule has 2 unspecified atom stereocenters. The third-order valence-electron chi connectivity index (χ3n) is 1.98. The van der Waals surface area contributed by atoms with E-state index in [1.807, 2.05) is 21.1 Å². The summed E-state index contributed by atoms with van der Waals surface area (Å²) in [4.78, 5) is 9.37. The zero-order valence-electron chi connectivity index (χ0n) is 10.8. The van der Waals surface area contributed by atoms with Crippen molar-refractivity contribution in [3.63, 3.8) is 0 Å². The Morgan fingerprint density at radius 1 is 1.41 bits per heavy atom. The maximum atomic E-state index is 11.5. The van der Waals surface area contributed by atoms with E-state index in [-0.39, 0.29) is 6.61 Å². The van der Waals surface area contributed by atoms with Crippen molar-refractivity contribution in [2.75, 3.05) is 40.8 Å². The van der Waals surface area contributed by atoms with Crippen LogP contribution in [0.4, 0.5) is 0 Å². The molecule has 0 spiro atoms. The Hall–Kier alpha value is -0.0100. The number of nitrogens with two attached hydrogens (primary N) is 2. The lowest BCUT2D eigenvalue weighted by Gasteiger charge is -2.24. The highest BCUT2D eigenvalue weighted by atomic mass is 31.2. The molecule has 0 rings (SSSR count). The number of hydrogen-bond donors (Lipinski definition) is 3. The summed E-state index contributed by atoms with van der Waals surface area (Å²) in [5, 5.41) is 0. The van der Waals surface area contributed by atoms with Crippen LogP contribution < -0.4 is 11.5 Å². The van der Waals surface area contributed by atoms with Gasteiger partial charge in [0.2, 0.25) is 0 Å². The van der Waals surface area contributed by atoms with Gasteiger partial charge in [-0.05, 0) is 19.4 Å². The van der Waals surface area contributed by atoms with Gasteiger partial charge in [-0.1, -0.05) is 0 Å². The highest BCUT2D eigenvalue weighted by Crippen LogP contribution is 2.44. The first-order chi connectivity index (χ1) is 7.66. The van der Waals surface area contributed by atoms with Gasteiger partial charge in [-0.25, -0.2) is 4.57 Å². The van der Waals surface area contributed by atoms with E-state index in [9.17, 15) is 9.46 Å². The van der Waals surface area contributed by atoms with Gasteiger partial charge in [0.1, 0.15) is 19.4 Å². The van der Waals surface area contributed by atoms with Gasteiger partial charge in [-0.15, -0.1) is 0 Å². The first kappa shape index (κ1) is 17.0. The number of quaternary nitrogens is 1. The van der Waals surface area contributed by atoms with Crippen LogP contribution in [0.3, 0.4) is 0 Å². The predicted molar refractivity (Wildman–Crippen MR) is 66.0 cm³/mol. The molecule has 0 radical (unpaired) electrons. The molecular formula is C9H25N3O4P+. The van der Waals surface area contributed by atoms with Gasteiger partial charge in [0, 0.05) is 0 Å². The number of likely N-dealkylation sites (N-methyl/N-ethyl adjacent to an activating group) is 1. The van der Waals surface area contributed by atoms with Crippen LogP contribution in [0.25, 0.3) is 0 Å². The van der Waals surface area contributed by atoms with Crippen molar-refractivity contribution in [2.24, 2.45) is 11.5 Å². The number of rotatable bonds is 9. The Bertz CT molecular complexity index is 257. The Morgan fingerprint density at radius 2 is 2.00 bits per heavy atom. The molecule has 0 aliphatic rings. The van der Waals surface area contributed by atoms with Gasteiger partial charge in [0.05, 0.1) is 21.1 Å². The lowest BCUT2D eigenvalue weighted by Crippen LogP contribution is -2.37. The summed E-state index contributed by atoms with van der Waals surface area (Å²) in [6.07, 6.45) is 0.248. The molecule has 0 heterocycles. The Kier molecular flexibility index (Phi) is 7.43. The molecule has 0 amide bonds. The number of hydrogen-bond acceptors (Lipinski definition) is 5. The van der Waals surface area contributed by atoms with Gasteiger partial charge >= 0.3 is 7.82 Å². The van der Waals surface area contributed by atoms with Crippen LogP contribution in [0, 0.1) is 0 Å². The highest BCUT2D eigenvalue weighted by molar-refractivity contribution is 7.47. The smallest absolute Gasteiger partial charge is 0.330 e. The summed E-state index contributed by atoms with van der Waals surface area (Å²) in [5.41, 5.74) is 10.8. The van der Waals surface area contributed by atoms with Gasteiger partial charge in [0.25, 0.3) is 0 Å². The molecular weight excluding hydrogens is 245 g/mol. The van der Waals surface area contributed by atoms with Crippen LogP contribution in [0.1, 0.15) is 12.8 Å². The average molecular weight is 270 g/mol. The van der Waals surface area contributed by atoms with E-state index in [2.05, 4.69) is 0 Å². The molecule has 2 atom stereocenters. The van der Waals surface area contributed by atoms with Gasteiger partial charge < -0.3 is 20.8 Å². The van der Waals surface area contributed by atoms with E-state index in [0.717, 1.165) is 0 Å². The lowest BCUT2D eigenvalue weighted by molar-refractivity contribution is -0.870. The van der Waals surface area contributed by atoms with Crippen molar-refractivity contribution in [2.45, 2.75) is 19.1 Å². The second-order valence-corrected chi connectivity index (χ2v) is 6.30. The van der Waals surface area contributed by atoms with Crippen molar-refractivity contribution in [3.8, 4) is 0 Å². The maximum Gasteiger partial charge on any atom is 0.473 e. The van der Waals surface area contributed by atoms with Crippen LogP contribution in [0.2, 0.25) is 0 Å². The Balaban J connectivity index is 3.91. The normalized spacial score (nSPS) is 17.8. The molecule has 0 saturated carbocycles. The van der Waals surface area contributed by atoms with E-state index in [4.69, 9.17) is 20.5 Å². The molecule has 0 aliphatic carbocycles. The third-order valence-corrected chi connectivity index (χ3v) is 3.02. The van der Waals surface area contributed by atoms with E-state index in [1.54, 1.807) is 0 Å². The number of phosphoric acid groups is 1. The van der Waals surface area contributed by atoms with E-state index >= 15 is 0 Å². The summed E-state index contributed by atoms with van der Waals surface area (Å²) in [6, 6.07) is 0. The summed E-state index contributed by atoms with van der Waals surface area (Å²) in [7, 11) is 1.82. The fraction of sp³-hybridized carbons (Fsp3) is 1.00. The lowest BCUT2D eigenvalue weighted by atomic mass is 10.3. The van der Waals surface area contributed by atoms with E-state index in [1.165, 1.54) is 0 Å². The summed E-state index contributed by atoms with van der Waals surface area (Å²) >= 11 is 0. The van der Waals surface area contributed by atoms with Crippen molar-refractivity contribution < 1.29 is 23.0 Å². The van der Waals surface area contributed by atoms with Crippen LogP contribution in [-0.2, 0) is 13.6 Å². The molecule has 5 N–H and O–H groups in total. The molecule has 0 saturated heterocycles. The fourth-order valence-electron chi connectivity index (χ4n) is 1.00. The van der Waals surface area contributed by atoms with Gasteiger partial charge in [0.15, 0.2) is 0 Å².